The molecule has 1 heterocycles. The third-order valence-electron chi connectivity index (χ3n) is 4.71. The first kappa shape index (κ1) is 23.0. The van der Waals surface area contributed by atoms with E-state index in [1.54, 1.807) is 43.5 Å². The van der Waals surface area contributed by atoms with Crippen LogP contribution in [0.1, 0.15) is 26.8 Å². The Balaban J connectivity index is 1.97. The molecule has 0 saturated carbocycles. The monoisotopic (exact) mass is 483 g/mol. The average Bonchev–Trinajstić information content (AvgIpc) is 3.15. The van der Waals surface area contributed by atoms with E-state index in [-0.39, 0.29) is 16.3 Å². The molecule has 0 spiro atoms. The van der Waals surface area contributed by atoms with E-state index in [2.05, 4.69) is 4.72 Å². The molecular weight excluding hydrogens is 462 g/mol. The summed E-state index contributed by atoms with van der Waals surface area (Å²) in [7, 11) is -7.75. The number of sulfonamides is 1. The molecule has 0 unspecified atom stereocenters. The Morgan fingerprint density at radius 2 is 1.57 bits per heavy atom. The Bertz CT molecular complexity index is 1230. The average molecular weight is 484 g/mol. The number of aryl methyl sites for hydroxylation is 3. The third-order valence-corrected chi connectivity index (χ3v) is 9.92. The van der Waals surface area contributed by atoms with Crippen molar-refractivity contribution in [1.29, 1.82) is 0 Å². The number of benzene rings is 2. The highest BCUT2D eigenvalue weighted by molar-refractivity contribution is 7.92. The van der Waals surface area contributed by atoms with Crippen molar-refractivity contribution in [2.75, 3.05) is 6.54 Å². The summed E-state index contributed by atoms with van der Waals surface area (Å²) in [6, 6.07) is 12.9. The fourth-order valence-electron chi connectivity index (χ4n) is 3.47. The van der Waals surface area contributed by atoms with Gasteiger partial charge in [-0.2, -0.15) is 0 Å². The molecule has 5 nitrogen and oxygen atoms in total. The highest BCUT2D eigenvalue weighted by atomic mass is 35.5. The zero-order valence-corrected chi connectivity index (χ0v) is 19.9. The summed E-state index contributed by atoms with van der Waals surface area (Å²) < 4.78 is 55.2. The lowest BCUT2D eigenvalue weighted by atomic mass is 10.1. The van der Waals surface area contributed by atoms with Crippen molar-refractivity contribution in [1.82, 2.24) is 4.72 Å². The second-order valence-corrected chi connectivity index (χ2v) is 12.3. The molecular formula is C21H22ClNO4S3. The van der Waals surface area contributed by atoms with Crippen molar-refractivity contribution in [2.24, 2.45) is 0 Å². The van der Waals surface area contributed by atoms with Gasteiger partial charge in [-0.15, -0.1) is 11.3 Å². The van der Waals surface area contributed by atoms with Gasteiger partial charge in [-0.05, 0) is 67.6 Å². The molecule has 2 aromatic carbocycles. The van der Waals surface area contributed by atoms with Crippen LogP contribution in [0.3, 0.4) is 0 Å². The van der Waals surface area contributed by atoms with Crippen molar-refractivity contribution in [2.45, 2.75) is 35.8 Å². The molecule has 1 aromatic heterocycles. The van der Waals surface area contributed by atoms with Gasteiger partial charge in [-0.3, -0.25) is 0 Å². The molecule has 30 heavy (non-hydrogen) atoms. The van der Waals surface area contributed by atoms with Crippen LogP contribution in [0, 0.1) is 20.8 Å². The SMILES string of the molecule is Cc1cc(C)c(S(=O)(=O)NC[C@@H](c2cccs2)S(=O)(=O)c2ccc(Cl)cc2)c(C)c1. The van der Waals surface area contributed by atoms with Crippen LogP contribution in [0.2, 0.25) is 5.02 Å². The van der Waals surface area contributed by atoms with E-state index >= 15 is 0 Å². The van der Waals surface area contributed by atoms with Gasteiger partial charge in [-0.1, -0.05) is 35.4 Å². The van der Waals surface area contributed by atoms with Crippen LogP contribution in [-0.4, -0.2) is 23.4 Å². The zero-order chi connectivity index (χ0) is 22.1. The second-order valence-electron chi connectivity index (χ2n) is 7.08. The van der Waals surface area contributed by atoms with Gasteiger partial charge in [-0.25, -0.2) is 21.6 Å². The van der Waals surface area contributed by atoms with Crippen molar-refractivity contribution in [3.63, 3.8) is 0 Å². The highest BCUT2D eigenvalue weighted by Crippen LogP contribution is 2.32. The van der Waals surface area contributed by atoms with Crippen LogP contribution in [-0.2, 0) is 19.9 Å². The van der Waals surface area contributed by atoms with E-state index in [1.807, 2.05) is 6.92 Å². The lowest BCUT2D eigenvalue weighted by molar-refractivity contribution is 0.569. The molecule has 0 amide bonds. The summed E-state index contributed by atoms with van der Waals surface area (Å²) in [4.78, 5) is 0.833. The maximum absolute atomic E-state index is 13.3. The summed E-state index contributed by atoms with van der Waals surface area (Å²) in [5, 5.41) is 1.13. The lowest BCUT2D eigenvalue weighted by Crippen LogP contribution is -2.32. The Labute approximate surface area is 186 Å². The van der Waals surface area contributed by atoms with Gasteiger partial charge in [0, 0.05) is 16.4 Å². The number of hydrogen-bond donors (Lipinski definition) is 1. The molecule has 0 fully saturated rings. The van der Waals surface area contributed by atoms with Gasteiger partial charge in [0.05, 0.1) is 9.79 Å². The van der Waals surface area contributed by atoms with Crippen LogP contribution in [0.15, 0.2) is 63.7 Å². The summed E-state index contributed by atoms with van der Waals surface area (Å²) in [6.07, 6.45) is 0. The number of rotatable bonds is 7. The molecule has 9 heteroatoms. The van der Waals surface area contributed by atoms with Crippen LogP contribution >= 0.6 is 22.9 Å². The van der Waals surface area contributed by atoms with Gasteiger partial charge in [0.15, 0.2) is 9.84 Å². The summed E-state index contributed by atoms with van der Waals surface area (Å²) >= 11 is 7.16. The largest absolute Gasteiger partial charge is 0.241 e. The molecule has 160 valence electrons. The summed E-state index contributed by atoms with van der Waals surface area (Å²) in [5.41, 5.74) is 2.20. The second kappa shape index (κ2) is 8.80. The van der Waals surface area contributed by atoms with Crippen molar-refractivity contribution < 1.29 is 16.8 Å². The quantitative estimate of drug-likeness (QED) is 0.522. The van der Waals surface area contributed by atoms with Gasteiger partial charge >= 0.3 is 0 Å². The predicted octanol–water partition coefficient (Wildman–Crippen LogP) is 4.82. The van der Waals surface area contributed by atoms with E-state index < -0.39 is 25.1 Å². The molecule has 0 aliphatic heterocycles. The molecule has 1 N–H and O–H groups in total. The minimum atomic E-state index is -3.90. The van der Waals surface area contributed by atoms with Crippen molar-refractivity contribution in [3.8, 4) is 0 Å². The number of hydrogen-bond acceptors (Lipinski definition) is 5. The van der Waals surface area contributed by atoms with E-state index in [4.69, 9.17) is 11.6 Å². The molecule has 0 radical (unpaired) electrons. The van der Waals surface area contributed by atoms with Gasteiger partial charge in [0.2, 0.25) is 10.0 Å². The first-order chi connectivity index (χ1) is 14.0. The van der Waals surface area contributed by atoms with E-state index in [1.165, 1.54) is 35.6 Å². The normalized spacial score (nSPS) is 13.3. The number of sulfone groups is 1. The Morgan fingerprint density at radius 3 is 2.10 bits per heavy atom. The van der Waals surface area contributed by atoms with Gasteiger partial charge in [0.1, 0.15) is 5.25 Å². The van der Waals surface area contributed by atoms with Gasteiger partial charge in [0.25, 0.3) is 0 Å². The van der Waals surface area contributed by atoms with Crippen molar-refractivity contribution >= 4 is 42.8 Å². The molecule has 3 aromatic rings. The smallest absolute Gasteiger partial charge is 0.223 e. The maximum atomic E-state index is 13.3. The zero-order valence-electron chi connectivity index (χ0n) is 16.7. The highest BCUT2D eigenvalue weighted by Gasteiger charge is 2.32. The number of halogens is 1. The first-order valence-corrected chi connectivity index (χ1v) is 13.4. The Kier molecular flexibility index (Phi) is 6.74. The minimum Gasteiger partial charge on any atom is -0.223 e. The van der Waals surface area contributed by atoms with Crippen LogP contribution in [0.25, 0.3) is 0 Å². The summed E-state index contributed by atoms with van der Waals surface area (Å²) in [5.74, 6) is 0. The molecule has 0 saturated heterocycles. The van der Waals surface area contributed by atoms with E-state index in [0.717, 1.165) is 5.56 Å². The standard InChI is InChI=1S/C21H22ClNO4S3/c1-14-11-15(2)21(16(3)12-14)30(26,27)23-13-20(19-5-4-10-28-19)29(24,25)18-8-6-17(22)7-9-18/h4-12,20,23H,13H2,1-3H3/t20-/m0/s1. The van der Waals surface area contributed by atoms with E-state index in [0.29, 0.717) is 21.0 Å². The molecule has 0 aliphatic carbocycles. The molecule has 0 aliphatic rings. The third kappa shape index (κ3) is 4.78. The molecule has 1 atom stereocenters. The fraction of sp³-hybridized carbons (Fsp3) is 0.238. The van der Waals surface area contributed by atoms with E-state index in [9.17, 15) is 16.8 Å². The molecule has 3 rings (SSSR count). The number of nitrogens with one attached hydrogen (secondary N) is 1. The topological polar surface area (TPSA) is 80.3 Å². The minimum absolute atomic E-state index is 0.0900. The summed E-state index contributed by atoms with van der Waals surface area (Å²) in [6.45, 7) is 5.08. The number of thiophene rings is 1. The fourth-order valence-corrected chi connectivity index (χ4v) is 7.99. The van der Waals surface area contributed by atoms with Gasteiger partial charge < -0.3 is 0 Å². The Hall–Kier alpha value is -1.71. The van der Waals surface area contributed by atoms with Crippen LogP contribution in [0.5, 0.6) is 0 Å². The maximum Gasteiger partial charge on any atom is 0.241 e. The predicted molar refractivity (Wildman–Crippen MR) is 122 cm³/mol. The first-order valence-electron chi connectivity index (χ1n) is 9.13. The van der Waals surface area contributed by atoms with Crippen LogP contribution in [0.4, 0.5) is 0 Å². The lowest BCUT2D eigenvalue weighted by Gasteiger charge is -2.19. The molecule has 0 bridgehead atoms. The van der Waals surface area contributed by atoms with Crippen molar-refractivity contribution in [3.05, 3.63) is 80.5 Å². The Morgan fingerprint density at radius 1 is 0.967 bits per heavy atom. The van der Waals surface area contributed by atoms with Crippen LogP contribution < -0.4 is 4.72 Å².